The van der Waals surface area contributed by atoms with Gasteiger partial charge in [0, 0.05) is 18.6 Å². The van der Waals surface area contributed by atoms with E-state index in [1.807, 2.05) is 24.3 Å². The summed E-state index contributed by atoms with van der Waals surface area (Å²) in [5.74, 6) is -0.311. The number of hydrogen-bond acceptors (Lipinski definition) is 4. The van der Waals surface area contributed by atoms with E-state index in [4.69, 9.17) is 11.6 Å². The largest absolute Gasteiger partial charge is 0.353 e. The van der Waals surface area contributed by atoms with Crippen LogP contribution in [0, 0.1) is 0 Å². The molecule has 24 heavy (non-hydrogen) atoms. The van der Waals surface area contributed by atoms with Gasteiger partial charge in [0.25, 0.3) is 0 Å². The lowest BCUT2D eigenvalue weighted by molar-refractivity contribution is -0.121. The molecule has 0 aromatic heterocycles. The highest BCUT2D eigenvalue weighted by Crippen LogP contribution is 2.26. The van der Waals surface area contributed by atoms with Crippen molar-refractivity contribution in [1.29, 1.82) is 0 Å². The molecule has 1 atom stereocenters. The first-order chi connectivity index (χ1) is 11.3. The van der Waals surface area contributed by atoms with Crippen molar-refractivity contribution in [1.82, 2.24) is 14.5 Å². The van der Waals surface area contributed by atoms with Gasteiger partial charge in [-0.3, -0.25) is 9.69 Å². The maximum absolute atomic E-state index is 12.1. The molecular weight excluding hydrogens is 350 g/mol. The molecule has 1 saturated heterocycles. The van der Waals surface area contributed by atoms with Crippen molar-refractivity contribution in [3.05, 3.63) is 34.9 Å². The van der Waals surface area contributed by atoms with Gasteiger partial charge in [0.2, 0.25) is 15.9 Å². The summed E-state index contributed by atoms with van der Waals surface area (Å²) in [4.78, 5) is 14.4. The third-order valence-corrected chi connectivity index (χ3v) is 5.74. The third-order valence-electron chi connectivity index (χ3n) is 4.24. The standard InChI is InChI=1S/C16H24ClN3O3S/c1-19(24(2,22)23)12-16(21)18-11-15(20-8-3-4-9-20)13-6-5-7-14(17)10-13/h5-7,10,15H,3-4,8-9,11-12H2,1-2H3,(H,18,21). The fraction of sp³-hybridized carbons (Fsp3) is 0.562. The molecule has 1 aromatic rings. The van der Waals surface area contributed by atoms with E-state index in [0.29, 0.717) is 11.6 Å². The smallest absolute Gasteiger partial charge is 0.235 e. The van der Waals surface area contributed by atoms with Crippen LogP contribution in [0.3, 0.4) is 0 Å². The van der Waals surface area contributed by atoms with E-state index in [0.717, 1.165) is 42.1 Å². The monoisotopic (exact) mass is 373 g/mol. The lowest BCUT2D eigenvalue weighted by Gasteiger charge is -2.28. The van der Waals surface area contributed by atoms with Crippen LogP contribution in [-0.2, 0) is 14.8 Å². The summed E-state index contributed by atoms with van der Waals surface area (Å²) < 4.78 is 23.8. The predicted octanol–water partition coefficient (Wildman–Crippen LogP) is 1.48. The van der Waals surface area contributed by atoms with Gasteiger partial charge in [0.05, 0.1) is 18.8 Å². The molecule has 0 spiro atoms. The van der Waals surface area contributed by atoms with Crippen LogP contribution in [0.25, 0.3) is 0 Å². The Kier molecular flexibility index (Phi) is 6.62. The molecule has 0 radical (unpaired) electrons. The number of sulfonamides is 1. The first kappa shape index (κ1) is 19.2. The topological polar surface area (TPSA) is 69.7 Å². The Labute approximate surface area is 148 Å². The Hall–Kier alpha value is -1.15. The molecule has 134 valence electrons. The highest BCUT2D eigenvalue weighted by Gasteiger charge is 2.24. The average Bonchev–Trinajstić information content (AvgIpc) is 3.00. The second kappa shape index (κ2) is 8.29. The number of nitrogens with one attached hydrogen (secondary N) is 1. The Morgan fingerprint density at radius 1 is 1.38 bits per heavy atom. The van der Waals surface area contributed by atoms with Gasteiger partial charge < -0.3 is 5.32 Å². The quantitative estimate of drug-likeness (QED) is 0.786. The van der Waals surface area contributed by atoms with E-state index in [-0.39, 0.29) is 18.5 Å². The van der Waals surface area contributed by atoms with Gasteiger partial charge in [-0.2, -0.15) is 4.31 Å². The molecule has 2 rings (SSSR count). The van der Waals surface area contributed by atoms with E-state index >= 15 is 0 Å². The van der Waals surface area contributed by atoms with Crippen LogP contribution in [0.5, 0.6) is 0 Å². The zero-order valence-corrected chi connectivity index (χ0v) is 15.6. The Morgan fingerprint density at radius 3 is 2.62 bits per heavy atom. The molecular formula is C16H24ClN3O3S. The number of nitrogens with zero attached hydrogens (tertiary/aromatic N) is 2. The maximum Gasteiger partial charge on any atom is 0.235 e. The van der Waals surface area contributed by atoms with Crippen LogP contribution in [0.2, 0.25) is 5.02 Å². The van der Waals surface area contributed by atoms with Crippen molar-refractivity contribution >= 4 is 27.5 Å². The highest BCUT2D eigenvalue weighted by atomic mass is 35.5. The molecule has 1 aliphatic rings. The van der Waals surface area contributed by atoms with Crippen LogP contribution < -0.4 is 5.32 Å². The van der Waals surface area contributed by atoms with Gasteiger partial charge in [-0.15, -0.1) is 0 Å². The minimum atomic E-state index is -3.37. The minimum Gasteiger partial charge on any atom is -0.353 e. The fourth-order valence-electron chi connectivity index (χ4n) is 2.81. The summed E-state index contributed by atoms with van der Waals surface area (Å²) >= 11 is 6.10. The second-order valence-corrected chi connectivity index (χ2v) is 8.66. The number of likely N-dealkylation sites (N-methyl/N-ethyl adjacent to an activating group) is 1. The summed E-state index contributed by atoms with van der Waals surface area (Å²) in [6.07, 6.45) is 3.36. The van der Waals surface area contributed by atoms with Crippen molar-refractivity contribution in [2.24, 2.45) is 0 Å². The molecule has 1 N–H and O–H groups in total. The molecule has 8 heteroatoms. The van der Waals surface area contributed by atoms with E-state index in [2.05, 4.69) is 10.2 Å². The SMILES string of the molecule is CN(CC(=O)NCC(c1cccc(Cl)c1)N1CCCC1)S(C)(=O)=O. The molecule has 0 saturated carbocycles. The molecule has 1 fully saturated rings. The number of rotatable bonds is 7. The number of hydrogen-bond donors (Lipinski definition) is 1. The predicted molar refractivity (Wildman–Crippen MR) is 95.5 cm³/mol. The highest BCUT2D eigenvalue weighted by molar-refractivity contribution is 7.88. The molecule has 0 aliphatic carbocycles. The van der Waals surface area contributed by atoms with Crippen LogP contribution in [-0.4, -0.2) is 63.0 Å². The van der Waals surface area contributed by atoms with Gasteiger partial charge in [-0.1, -0.05) is 23.7 Å². The number of benzene rings is 1. The molecule has 6 nitrogen and oxygen atoms in total. The first-order valence-corrected chi connectivity index (χ1v) is 10.2. The Morgan fingerprint density at radius 2 is 2.04 bits per heavy atom. The van der Waals surface area contributed by atoms with Crippen molar-refractivity contribution in [3.8, 4) is 0 Å². The first-order valence-electron chi connectivity index (χ1n) is 7.95. The van der Waals surface area contributed by atoms with Gasteiger partial charge in [0.1, 0.15) is 0 Å². The van der Waals surface area contributed by atoms with Crippen LogP contribution in [0.4, 0.5) is 0 Å². The average molecular weight is 374 g/mol. The minimum absolute atomic E-state index is 0.0405. The zero-order chi connectivity index (χ0) is 17.7. The molecule has 1 aliphatic heterocycles. The van der Waals surface area contributed by atoms with Crippen LogP contribution >= 0.6 is 11.6 Å². The maximum atomic E-state index is 12.1. The Balaban J connectivity index is 2.02. The lowest BCUT2D eigenvalue weighted by atomic mass is 10.1. The normalized spacial score (nSPS) is 17.2. The molecule has 1 heterocycles. The summed E-state index contributed by atoms with van der Waals surface area (Å²) in [5, 5.41) is 3.52. The zero-order valence-electron chi connectivity index (χ0n) is 14.0. The van der Waals surface area contributed by atoms with Crippen molar-refractivity contribution < 1.29 is 13.2 Å². The van der Waals surface area contributed by atoms with E-state index in [1.165, 1.54) is 7.05 Å². The molecule has 1 unspecified atom stereocenters. The third kappa shape index (κ3) is 5.44. The molecule has 1 amide bonds. The summed E-state index contributed by atoms with van der Waals surface area (Å²) in [6.45, 7) is 2.21. The number of carbonyl (C=O) groups is 1. The molecule has 1 aromatic carbocycles. The second-order valence-electron chi connectivity index (χ2n) is 6.14. The van der Waals surface area contributed by atoms with Crippen LogP contribution in [0.15, 0.2) is 24.3 Å². The Bertz CT molecular complexity index is 675. The number of amides is 1. The van der Waals surface area contributed by atoms with Gasteiger partial charge in [-0.05, 0) is 43.6 Å². The van der Waals surface area contributed by atoms with Crippen molar-refractivity contribution in [2.45, 2.75) is 18.9 Å². The van der Waals surface area contributed by atoms with Crippen molar-refractivity contribution in [3.63, 3.8) is 0 Å². The number of likely N-dealkylation sites (tertiary alicyclic amines) is 1. The summed E-state index contributed by atoms with van der Waals surface area (Å²) in [6, 6.07) is 7.69. The fourth-order valence-corrected chi connectivity index (χ4v) is 3.36. The number of halogens is 1. The molecule has 0 bridgehead atoms. The van der Waals surface area contributed by atoms with Crippen molar-refractivity contribution in [2.75, 3.05) is 39.5 Å². The lowest BCUT2D eigenvalue weighted by Crippen LogP contribution is -2.42. The number of carbonyl (C=O) groups excluding carboxylic acids is 1. The van der Waals surface area contributed by atoms with Gasteiger partial charge in [-0.25, -0.2) is 8.42 Å². The summed E-state index contributed by atoms with van der Waals surface area (Å²) in [7, 11) is -1.97. The van der Waals surface area contributed by atoms with Gasteiger partial charge in [0.15, 0.2) is 0 Å². The van der Waals surface area contributed by atoms with Gasteiger partial charge >= 0.3 is 0 Å². The summed E-state index contributed by atoms with van der Waals surface area (Å²) in [5.41, 5.74) is 1.06. The van der Waals surface area contributed by atoms with E-state index in [1.54, 1.807) is 0 Å². The van der Waals surface area contributed by atoms with E-state index in [9.17, 15) is 13.2 Å². The van der Waals surface area contributed by atoms with Crippen LogP contribution in [0.1, 0.15) is 24.4 Å². The van der Waals surface area contributed by atoms with E-state index < -0.39 is 10.0 Å².